The Bertz CT molecular complexity index is 1270. The number of Topliss-reactive ketones (excluding diaryl/α,β-unsaturated/α-hetero) is 1. The summed E-state index contributed by atoms with van der Waals surface area (Å²) in [5.41, 5.74) is 4.47. The van der Waals surface area contributed by atoms with Crippen molar-refractivity contribution in [2.24, 2.45) is 0 Å². The first-order valence-electron chi connectivity index (χ1n) is 10.1. The highest BCUT2D eigenvalue weighted by atomic mass is 16.6. The standard InChI is InChI=1S/C26H23NO4/c1-17-8-7-9-20(14-17)27-18(2)26(19(3)28)23-15-22(12-13-24(23)27)31-25(29)16-30-21-10-5-4-6-11-21/h4-15H,16H2,1-3H3. The molecule has 0 atom stereocenters. The van der Waals surface area contributed by atoms with Crippen LogP contribution in [0.25, 0.3) is 16.6 Å². The topological polar surface area (TPSA) is 57.5 Å². The molecule has 156 valence electrons. The Hall–Kier alpha value is -3.86. The number of para-hydroxylation sites is 1. The lowest BCUT2D eigenvalue weighted by Gasteiger charge is -2.10. The Morgan fingerprint density at radius 2 is 1.65 bits per heavy atom. The van der Waals surface area contributed by atoms with E-state index in [1.807, 2.05) is 56.3 Å². The SMILES string of the molecule is CC(=O)c1c(C)n(-c2cccc(C)c2)c2ccc(OC(=O)COc3ccccc3)cc12. The maximum Gasteiger partial charge on any atom is 0.349 e. The van der Waals surface area contributed by atoms with E-state index in [1.54, 1.807) is 31.2 Å². The number of nitrogens with zero attached hydrogens (tertiary/aromatic N) is 1. The number of carbonyl (C=O) groups excluding carboxylic acids is 2. The maximum atomic E-state index is 12.4. The Morgan fingerprint density at radius 1 is 0.871 bits per heavy atom. The average Bonchev–Trinajstić information content (AvgIpc) is 3.04. The van der Waals surface area contributed by atoms with Gasteiger partial charge < -0.3 is 14.0 Å². The summed E-state index contributed by atoms with van der Waals surface area (Å²) in [6, 6.07) is 22.5. The van der Waals surface area contributed by atoms with E-state index in [1.165, 1.54) is 0 Å². The van der Waals surface area contributed by atoms with E-state index >= 15 is 0 Å². The molecule has 1 aromatic heterocycles. The van der Waals surface area contributed by atoms with E-state index in [-0.39, 0.29) is 12.4 Å². The van der Waals surface area contributed by atoms with E-state index in [0.29, 0.717) is 17.1 Å². The van der Waals surface area contributed by atoms with Crippen LogP contribution in [0.1, 0.15) is 28.5 Å². The highest BCUT2D eigenvalue weighted by Gasteiger charge is 2.19. The van der Waals surface area contributed by atoms with Crippen LogP contribution in [0.5, 0.6) is 11.5 Å². The predicted molar refractivity (Wildman–Crippen MR) is 120 cm³/mol. The van der Waals surface area contributed by atoms with E-state index in [0.717, 1.165) is 27.8 Å². The molecule has 0 aliphatic carbocycles. The van der Waals surface area contributed by atoms with Gasteiger partial charge in [0.25, 0.3) is 0 Å². The minimum absolute atomic E-state index is 0.0372. The molecule has 0 amide bonds. The van der Waals surface area contributed by atoms with Crippen LogP contribution in [0.3, 0.4) is 0 Å². The van der Waals surface area contributed by atoms with Crippen LogP contribution in [-0.2, 0) is 4.79 Å². The molecule has 0 saturated carbocycles. The summed E-state index contributed by atoms with van der Waals surface area (Å²) in [6.07, 6.45) is 0. The summed E-state index contributed by atoms with van der Waals surface area (Å²) >= 11 is 0. The molecule has 5 nitrogen and oxygen atoms in total. The molecule has 0 fully saturated rings. The van der Waals surface area contributed by atoms with Gasteiger partial charge in [-0.05, 0) is 68.8 Å². The van der Waals surface area contributed by atoms with Crippen molar-refractivity contribution in [3.05, 3.63) is 89.6 Å². The average molecular weight is 413 g/mol. The number of ether oxygens (including phenoxy) is 2. The van der Waals surface area contributed by atoms with Gasteiger partial charge in [0.05, 0.1) is 5.52 Å². The van der Waals surface area contributed by atoms with Crippen LogP contribution in [0.15, 0.2) is 72.8 Å². The van der Waals surface area contributed by atoms with Crippen molar-refractivity contribution in [1.82, 2.24) is 4.57 Å². The van der Waals surface area contributed by atoms with E-state index in [9.17, 15) is 9.59 Å². The van der Waals surface area contributed by atoms with Crippen LogP contribution in [0.4, 0.5) is 0 Å². The minimum atomic E-state index is -0.512. The third-order valence-electron chi connectivity index (χ3n) is 5.12. The number of hydrogen-bond donors (Lipinski definition) is 0. The van der Waals surface area contributed by atoms with Crippen molar-refractivity contribution in [3.63, 3.8) is 0 Å². The third kappa shape index (κ3) is 4.21. The molecule has 3 aromatic carbocycles. The molecular weight excluding hydrogens is 390 g/mol. The Labute approximate surface area is 180 Å². The summed E-state index contributed by atoms with van der Waals surface area (Å²) in [5, 5.41) is 0.751. The quantitative estimate of drug-likeness (QED) is 0.240. The van der Waals surface area contributed by atoms with Crippen molar-refractivity contribution in [1.29, 1.82) is 0 Å². The molecule has 0 N–H and O–H groups in total. The van der Waals surface area contributed by atoms with Gasteiger partial charge in [-0.2, -0.15) is 0 Å². The molecule has 4 aromatic rings. The second-order valence-electron chi connectivity index (χ2n) is 7.45. The van der Waals surface area contributed by atoms with Crippen LogP contribution in [-0.4, -0.2) is 22.9 Å². The number of rotatable bonds is 6. The van der Waals surface area contributed by atoms with Gasteiger partial charge in [-0.25, -0.2) is 4.79 Å². The van der Waals surface area contributed by atoms with Gasteiger partial charge in [0.15, 0.2) is 12.4 Å². The van der Waals surface area contributed by atoms with Gasteiger partial charge in [-0.15, -0.1) is 0 Å². The first-order valence-corrected chi connectivity index (χ1v) is 10.1. The Morgan fingerprint density at radius 3 is 2.35 bits per heavy atom. The number of ketones is 1. The Balaban J connectivity index is 1.66. The third-order valence-corrected chi connectivity index (χ3v) is 5.12. The zero-order valence-electron chi connectivity index (χ0n) is 17.7. The number of aromatic nitrogens is 1. The van der Waals surface area contributed by atoms with Crippen LogP contribution in [0.2, 0.25) is 0 Å². The molecule has 0 aliphatic heterocycles. The molecule has 1 heterocycles. The van der Waals surface area contributed by atoms with E-state index < -0.39 is 5.97 Å². The summed E-state index contributed by atoms with van der Waals surface area (Å²) in [6.45, 7) is 5.31. The molecule has 0 aliphatic rings. The zero-order valence-corrected chi connectivity index (χ0v) is 17.7. The van der Waals surface area contributed by atoms with E-state index in [2.05, 4.69) is 10.6 Å². The number of esters is 1. The van der Waals surface area contributed by atoms with Crippen molar-refractivity contribution in [2.75, 3.05) is 6.61 Å². The summed E-state index contributed by atoms with van der Waals surface area (Å²) in [5.74, 6) is 0.421. The van der Waals surface area contributed by atoms with Crippen molar-refractivity contribution >= 4 is 22.7 Å². The second-order valence-corrected chi connectivity index (χ2v) is 7.45. The van der Waals surface area contributed by atoms with Crippen LogP contribution < -0.4 is 9.47 Å². The second kappa shape index (κ2) is 8.48. The number of hydrogen-bond acceptors (Lipinski definition) is 4. The Kier molecular flexibility index (Phi) is 5.58. The molecule has 0 radical (unpaired) electrons. The van der Waals surface area contributed by atoms with Crippen molar-refractivity contribution in [2.45, 2.75) is 20.8 Å². The molecule has 0 bridgehead atoms. The first kappa shape index (κ1) is 20.4. The minimum Gasteiger partial charge on any atom is -0.482 e. The predicted octanol–water partition coefficient (Wildman–Crippen LogP) is 5.43. The van der Waals surface area contributed by atoms with Gasteiger partial charge in [0.2, 0.25) is 0 Å². The van der Waals surface area contributed by atoms with Gasteiger partial charge in [0.1, 0.15) is 11.5 Å². The van der Waals surface area contributed by atoms with Crippen LogP contribution >= 0.6 is 0 Å². The molecule has 0 unspecified atom stereocenters. The van der Waals surface area contributed by atoms with Gasteiger partial charge >= 0.3 is 5.97 Å². The van der Waals surface area contributed by atoms with Gasteiger partial charge in [-0.1, -0.05) is 30.3 Å². The largest absolute Gasteiger partial charge is 0.482 e. The van der Waals surface area contributed by atoms with Crippen molar-refractivity contribution in [3.8, 4) is 17.2 Å². The van der Waals surface area contributed by atoms with Gasteiger partial charge in [-0.3, -0.25) is 4.79 Å². The fraction of sp³-hybridized carbons (Fsp3) is 0.154. The lowest BCUT2D eigenvalue weighted by Crippen LogP contribution is -2.17. The fourth-order valence-electron chi connectivity index (χ4n) is 3.83. The number of aryl methyl sites for hydroxylation is 1. The van der Waals surface area contributed by atoms with Crippen molar-refractivity contribution < 1.29 is 19.1 Å². The summed E-state index contributed by atoms with van der Waals surface area (Å²) in [4.78, 5) is 24.7. The summed E-state index contributed by atoms with van der Waals surface area (Å²) in [7, 11) is 0. The highest BCUT2D eigenvalue weighted by Crippen LogP contribution is 2.32. The molecule has 0 spiro atoms. The monoisotopic (exact) mass is 413 g/mol. The lowest BCUT2D eigenvalue weighted by molar-refractivity contribution is -0.136. The number of fused-ring (bicyclic) bond motifs is 1. The fourth-order valence-corrected chi connectivity index (χ4v) is 3.83. The number of carbonyl (C=O) groups is 2. The normalized spacial score (nSPS) is 10.8. The zero-order chi connectivity index (χ0) is 22.0. The lowest BCUT2D eigenvalue weighted by atomic mass is 10.1. The first-order chi connectivity index (χ1) is 14.9. The summed E-state index contributed by atoms with van der Waals surface area (Å²) < 4.78 is 13.0. The van der Waals surface area contributed by atoms with Gasteiger partial charge in [0, 0.05) is 22.3 Å². The number of benzene rings is 3. The molecular formula is C26H23NO4. The molecule has 5 heteroatoms. The van der Waals surface area contributed by atoms with E-state index in [4.69, 9.17) is 9.47 Å². The highest BCUT2D eigenvalue weighted by molar-refractivity contribution is 6.09. The van der Waals surface area contributed by atoms with Crippen LogP contribution in [0, 0.1) is 13.8 Å². The molecule has 4 rings (SSSR count). The molecule has 31 heavy (non-hydrogen) atoms. The smallest absolute Gasteiger partial charge is 0.349 e. The maximum absolute atomic E-state index is 12.4. The molecule has 0 saturated heterocycles.